The molecule has 1 heterocycles. The lowest BCUT2D eigenvalue weighted by molar-refractivity contribution is -0.00000649. The zero-order chi connectivity index (χ0) is 13.7. The average molecular weight is 300 g/mol. The summed E-state index contributed by atoms with van der Waals surface area (Å²) in [6.07, 6.45) is -0.428. The van der Waals surface area contributed by atoms with Gasteiger partial charge in [-0.15, -0.1) is 0 Å². The van der Waals surface area contributed by atoms with Crippen molar-refractivity contribution in [3.8, 4) is 5.75 Å². The van der Waals surface area contributed by atoms with Crippen LogP contribution in [0.25, 0.3) is 0 Å². The molecule has 0 saturated carbocycles. The topological polar surface area (TPSA) is 35.9 Å². The predicted molar refractivity (Wildman–Crippen MR) is 76.6 cm³/mol. The molecule has 1 atom stereocenters. The summed E-state index contributed by atoms with van der Waals surface area (Å²) < 4.78 is 5.67. The first-order chi connectivity index (χ1) is 9.15. The number of rotatable bonds is 5. The maximum atomic E-state index is 10.0. The molecular weight excluding hydrogens is 276 g/mol. The van der Waals surface area contributed by atoms with Crippen LogP contribution in [0.3, 0.4) is 0 Å². The van der Waals surface area contributed by atoms with Gasteiger partial charge < -0.3 is 27.2 Å². The first-order valence-electron chi connectivity index (χ1n) is 6.92. The molecule has 114 valence electrons. The second-order valence-corrected chi connectivity index (χ2v) is 5.33. The molecule has 1 unspecified atom stereocenters. The van der Waals surface area contributed by atoms with Crippen LogP contribution in [0.4, 0.5) is 0 Å². The van der Waals surface area contributed by atoms with Crippen LogP contribution < -0.4 is 17.1 Å². The molecule has 5 heteroatoms. The number of halogens is 1. The Hall–Kier alpha value is -0.810. The first kappa shape index (κ1) is 17.2. The van der Waals surface area contributed by atoms with Gasteiger partial charge in [-0.2, -0.15) is 0 Å². The number of nitrogens with zero attached hydrogens (tertiary/aromatic N) is 2. The highest BCUT2D eigenvalue weighted by molar-refractivity contribution is 5.31. The van der Waals surface area contributed by atoms with Crippen molar-refractivity contribution in [2.75, 3.05) is 46.4 Å². The number of hydrogen-bond donors (Lipinski definition) is 1. The summed E-state index contributed by atoms with van der Waals surface area (Å²) >= 11 is 0. The molecule has 0 radical (unpaired) electrons. The third kappa shape index (κ3) is 5.29. The van der Waals surface area contributed by atoms with Gasteiger partial charge in [-0.3, -0.25) is 4.90 Å². The number of likely N-dealkylation sites (N-methyl/N-ethyl adjacent to an activating group) is 1. The van der Waals surface area contributed by atoms with Crippen molar-refractivity contribution in [3.63, 3.8) is 0 Å². The smallest absolute Gasteiger partial charge is 0.122 e. The predicted octanol–water partition coefficient (Wildman–Crippen LogP) is -2.01. The van der Waals surface area contributed by atoms with Gasteiger partial charge in [-0.05, 0) is 25.6 Å². The van der Waals surface area contributed by atoms with E-state index in [9.17, 15) is 5.11 Å². The summed E-state index contributed by atoms with van der Waals surface area (Å²) in [5.74, 6) is 0.861. The molecule has 1 aliphatic rings. The van der Waals surface area contributed by atoms with E-state index < -0.39 is 6.10 Å². The zero-order valence-corrected chi connectivity index (χ0v) is 13.0. The van der Waals surface area contributed by atoms with E-state index in [2.05, 4.69) is 16.8 Å². The Balaban J connectivity index is 0.00000200. The van der Waals surface area contributed by atoms with Crippen LogP contribution in [0, 0.1) is 6.92 Å². The third-order valence-electron chi connectivity index (χ3n) is 3.59. The Morgan fingerprint density at radius 2 is 1.85 bits per heavy atom. The molecule has 0 aliphatic carbocycles. The van der Waals surface area contributed by atoms with E-state index in [1.165, 1.54) is 0 Å². The van der Waals surface area contributed by atoms with E-state index in [0.717, 1.165) is 37.5 Å². The van der Waals surface area contributed by atoms with E-state index in [4.69, 9.17) is 4.74 Å². The second-order valence-electron chi connectivity index (χ2n) is 5.33. The lowest BCUT2D eigenvalue weighted by Gasteiger charge is -2.33. The lowest BCUT2D eigenvalue weighted by Crippen LogP contribution is -3.00. The van der Waals surface area contributed by atoms with Crippen molar-refractivity contribution in [3.05, 3.63) is 29.8 Å². The Labute approximate surface area is 127 Å². The lowest BCUT2D eigenvalue weighted by atomic mass is 10.2. The van der Waals surface area contributed by atoms with E-state index in [-0.39, 0.29) is 12.4 Å². The summed E-state index contributed by atoms with van der Waals surface area (Å²) in [5.41, 5.74) is 1.11. The maximum absolute atomic E-state index is 10.0. The van der Waals surface area contributed by atoms with Crippen molar-refractivity contribution in [2.24, 2.45) is 0 Å². The molecule has 0 aromatic heterocycles. The first-order valence-corrected chi connectivity index (χ1v) is 6.92. The fraction of sp³-hybridized carbons (Fsp3) is 0.600. The Kier molecular flexibility index (Phi) is 7.30. The molecule has 20 heavy (non-hydrogen) atoms. The van der Waals surface area contributed by atoms with Crippen molar-refractivity contribution in [2.45, 2.75) is 13.0 Å². The van der Waals surface area contributed by atoms with Gasteiger partial charge in [0, 0.05) is 32.7 Å². The number of para-hydroxylation sites is 1. The number of aryl methyl sites for hydroxylation is 1. The number of β-amino-alcohol motifs (C(OH)–C–C–N with tert-alkyl or cyclic N) is 1. The van der Waals surface area contributed by atoms with Crippen LogP contribution in [0.15, 0.2) is 24.3 Å². The standard InChI is InChI=1S/C15H24N2O2.ClH/c1-13-5-3-4-6-15(13)19-12-14(18)11-17-9-7-16(2)8-10-17;/h3-6,14,18H,7-12H2,1-2H3;1H/p-1. The fourth-order valence-electron chi connectivity index (χ4n) is 2.29. The van der Waals surface area contributed by atoms with Gasteiger partial charge in [0.15, 0.2) is 0 Å². The maximum Gasteiger partial charge on any atom is 0.122 e. The highest BCUT2D eigenvalue weighted by atomic mass is 35.5. The van der Waals surface area contributed by atoms with Gasteiger partial charge in [-0.1, -0.05) is 18.2 Å². The highest BCUT2D eigenvalue weighted by Crippen LogP contribution is 2.16. The molecule has 1 fully saturated rings. The minimum absolute atomic E-state index is 0. The number of aliphatic hydroxyl groups excluding tert-OH is 1. The van der Waals surface area contributed by atoms with Crippen LogP contribution in [0.2, 0.25) is 0 Å². The van der Waals surface area contributed by atoms with Gasteiger partial charge in [0.25, 0.3) is 0 Å². The summed E-state index contributed by atoms with van der Waals surface area (Å²) in [7, 11) is 2.13. The Morgan fingerprint density at radius 1 is 1.20 bits per heavy atom. The summed E-state index contributed by atoms with van der Waals surface area (Å²) in [4.78, 5) is 4.61. The molecule has 0 spiro atoms. The molecule has 4 nitrogen and oxygen atoms in total. The second kappa shape index (κ2) is 8.47. The van der Waals surface area contributed by atoms with Crippen LogP contribution in [0.5, 0.6) is 5.75 Å². The van der Waals surface area contributed by atoms with E-state index in [0.29, 0.717) is 13.2 Å². The van der Waals surface area contributed by atoms with Crippen LogP contribution in [-0.4, -0.2) is 67.4 Å². The third-order valence-corrected chi connectivity index (χ3v) is 3.59. The zero-order valence-electron chi connectivity index (χ0n) is 12.3. The van der Waals surface area contributed by atoms with Gasteiger partial charge in [0.05, 0.1) is 0 Å². The molecule has 1 aromatic carbocycles. The SMILES string of the molecule is Cc1ccccc1OCC(O)CN1CCN(C)CC1.[Cl-]. The monoisotopic (exact) mass is 299 g/mol. The minimum Gasteiger partial charge on any atom is -1.00 e. The molecule has 1 aromatic rings. The summed E-state index contributed by atoms with van der Waals surface area (Å²) in [5, 5.41) is 10.0. The molecule has 1 aliphatic heterocycles. The molecule has 0 amide bonds. The van der Waals surface area contributed by atoms with Crippen molar-refractivity contribution in [1.82, 2.24) is 9.80 Å². The van der Waals surface area contributed by atoms with Crippen molar-refractivity contribution < 1.29 is 22.3 Å². The van der Waals surface area contributed by atoms with E-state index in [1.54, 1.807) is 0 Å². The number of aliphatic hydroxyl groups is 1. The number of piperazine rings is 1. The molecule has 1 saturated heterocycles. The van der Waals surface area contributed by atoms with Crippen LogP contribution >= 0.6 is 0 Å². The molecule has 2 rings (SSSR count). The number of benzene rings is 1. The van der Waals surface area contributed by atoms with Crippen molar-refractivity contribution >= 4 is 0 Å². The largest absolute Gasteiger partial charge is 1.00 e. The van der Waals surface area contributed by atoms with Crippen LogP contribution in [-0.2, 0) is 0 Å². The normalized spacial score (nSPS) is 18.4. The minimum atomic E-state index is -0.428. The summed E-state index contributed by atoms with van der Waals surface area (Å²) in [6, 6.07) is 7.90. The highest BCUT2D eigenvalue weighted by Gasteiger charge is 2.17. The number of ether oxygens (including phenoxy) is 1. The Morgan fingerprint density at radius 3 is 2.50 bits per heavy atom. The quantitative estimate of drug-likeness (QED) is 0.681. The molecule has 0 bridgehead atoms. The number of hydrogen-bond acceptors (Lipinski definition) is 4. The molecular formula is C15H24ClN2O2-. The van der Waals surface area contributed by atoms with E-state index >= 15 is 0 Å². The fourth-order valence-corrected chi connectivity index (χ4v) is 2.29. The van der Waals surface area contributed by atoms with Gasteiger partial charge in [-0.25, -0.2) is 0 Å². The summed E-state index contributed by atoms with van der Waals surface area (Å²) in [6.45, 7) is 7.27. The van der Waals surface area contributed by atoms with Gasteiger partial charge in [0.2, 0.25) is 0 Å². The Bertz CT molecular complexity index is 395. The van der Waals surface area contributed by atoms with E-state index in [1.807, 2.05) is 31.2 Å². The van der Waals surface area contributed by atoms with Crippen LogP contribution in [0.1, 0.15) is 5.56 Å². The average Bonchev–Trinajstić information content (AvgIpc) is 2.40. The van der Waals surface area contributed by atoms with Crippen molar-refractivity contribution in [1.29, 1.82) is 0 Å². The van der Waals surface area contributed by atoms with Gasteiger partial charge >= 0.3 is 0 Å². The van der Waals surface area contributed by atoms with Gasteiger partial charge in [0.1, 0.15) is 18.5 Å². The molecule has 1 N–H and O–H groups in total.